The molecule has 10 heteroatoms. The largest absolute Gasteiger partial charge is 0.354 e. The number of urea groups is 1. The van der Waals surface area contributed by atoms with E-state index in [1.807, 2.05) is 14.0 Å². The molecule has 1 aliphatic heterocycles. The number of carbonyl (C=O) groups is 1. The summed E-state index contributed by atoms with van der Waals surface area (Å²) in [6.45, 7) is 7.53. The molecular weight excluding hydrogens is 425 g/mol. The van der Waals surface area contributed by atoms with Crippen LogP contribution in [0.4, 0.5) is 16.6 Å². The van der Waals surface area contributed by atoms with Crippen molar-refractivity contribution in [3.8, 4) is 0 Å². The highest BCUT2D eigenvalue weighted by molar-refractivity contribution is 6.42. The summed E-state index contributed by atoms with van der Waals surface area (Å²) in [7, 11) is 1.81. The molecule has 168 valence electrons. The minimum absolute atomic E-state index is 0.289. The Labute approximate surface area is 189 Å². The number of hydrogen-bond donors (Lipinski definition) is 2. The van der Waals surface area contributed by atoms with E-state index in [0.717, 1.165) is 58.0 Å². The standard InChI is InChI=1S/C20H33Cl2N7O/c1-3-24-20-25-17(22)16(21)18(26-20)29-12-10-28(11-13-29)9-8-14-4-6-15(7-5-14)27(2)19(23)30/h14-15H,3-13H2,1-2H3,(H2,23,30)(H,24,25,26). The minimum atomic E-state index is -0.320. The highest BCUT2D eigenvalue weighted by Gasteiger charge is 2.27. The van der Waals surface area contributed by atoms with Gasteiger partial charge in [-0.25, -0.2) is 4.79 Å². The summed E-state index contributed by atoms with van der Waals surface area (Å²) >= 11 is 12.6. The van der Waals surface area contributed by atoms with Crippen molar-refractivity contribution in [3.05, 3.63) is 10.2 Å². The first-order valence-corrected chi connectivity index (χ1v) is 11.6. The molecule has 1 saturated heterocycles. The highest BCUT2D eigenvalue weighted by atomic mass is 35.5. The van der Waals surface area contributed by atoms with Gasteiger partial charge in [0.1, 0.15) is 5.02 Å². The van der Waals surface area contributed by atoms with E-state index in [1.54, 1.807) is 4.90 Å². The van der Waals surface area contributed by atoms with E-state index < -0.39 is 0 Å². The number of piperazine rings is 1. The van der Waals surface area contributed by atoms with Crippen LogP contribution in [-0.2, 0) is 0 Å². The maximum atomic E-state index is 11.3. The zero-order valence-corrected chi connectivity index (χ0v) is 19.4. The van der Waals surface area contributed by atoms with E-state index in [-0.39, 0.29) is 11.2 Å². The number of nitrogens with zero attached hydrogens (tertiary/aromatic N) is 5. The third kappa shape index (κ3) is 5.80. The van der Waals surface area contributed by atoms with Crippen LogP contribution in [0.5, 0.6) is 0 Å². The van der Waals surface area contributed by atoms with Crippen LogP contribution in [-0.4, -0.2) is 78.2 Å². The van der Waals surface area contributed by atoms with Gasteiger partial charge in [0, 0.05) is 45.8 Å². The fourth-order valence-corrected chi connectivity index (χ4v) is 4.77. The number of rotatable bonds is 7. The lowest BCUT2D eigenvalue weighted by molar-refractivity contribution is 0.158. The van der Waals surface area contributed by atoms with Crippen molar-refractivity contribution >= 4 is 41.0 Å². The number of anilines is 2. The summed E-state index contributed by atoms with van der Waals surface area (Å²) in [5.41, 5.74) is 5.40. The van der Waals surface area contributed by atoms with E-state index >= 15 is 0 Å². The summed E-state index contributed by atoms with van der Waals surface area (Å²) in [6, 6.07) is -0.0159. The first-order chi connectivity index (χ1) is 14.4. The van der Waals surface area contributed by atoms with Crippen molar-refractivity contribution in [3.63, 3.8) is 0 Å². The molecule has 2 heterocycles. The molecule has 2 amide bonds. The van der Waals surface area contributed by atoms with Crippen LogP contribution in [0.1, 0.15) is 39.0 Å². The summed E-state index contributed by atoms with van der Waals surface area (Å²) in [6.07, 6.45) is 5.66. The molecule has 1 aliphatic carbocycles. The third-order valence-electron chi connectivity index (χ3n) is 6.37. The van der Waals surface area contributed by atoms with Crippen LogP contribution in [0, 0.1) is 5.92 Å². The van der Waals surface area contributed by atoms with Crippen LogP contribution in [0.25, 0.3) is 0 Å². The fraction of sp³-hybridized carbons (Fsp3) is 0.750. The maximum absolute atomic E-state index is 11.3. The average Bonchev–Trinajstić information content (AvgIpc) is 2.75. The number of carbonyl (C=O) groups excluding carboxylic acids is 1. The van der Waals surface area contributed by atoms with Gasteiger partial charge in [-0.05, 0) is 51.5 Å². The molecule has 30 heavy (non-hydrogen) atoms. The molecular formula is C20H33Cl2N7O. The zero-order valence-electron chi connectivity index (χ0n) is 17.9. The SMILES string of the molecule is CCNc1nc(Cl)c(Cl)c(N2CCN(CCC3CCC(N(C)C(N)=O)CC3)CC2)n1. The smallest absolute Gasteiger partial charge is 0.314 e. The second-order valence-electron chi connectivity index (χ2n) is 8.25. The number of nitrogens with one attached hydrogen (secondary N) is 1. The van der Waals surface area contributed by atoms with E-state index in [4.69, 9.17) is 28.9 Å². The molecule has 0 atom stereocenters. The number of nitrogens with two attached hydrogens (primary N) is 1. The number of halogens is 2. The predicted molar refractivity (Wildman–Crippen MR) is 123 cm³/mol. The van der Waals surface area contributed by atoms with E-state index in [0.29, 0.717) is 22.8 Å². The molecule has 2 fully saturated rings. The van der Waals surface area contributed by atoms with Gasteiger partial charge in [0.2, 0.25) is 5.95 Å². The van der Waals surface area contributed by atoms with Crippen LogP contribution in [0.3, 0.4) is 0 Å². The molecule has 0 radical (unpaired) electrons. The van der Waals surface area contributed by atoms with Crippen molar-refractivity contribution in [2.75, 3.05) is 56.5 Å². The van der Waals surface area contributed by atoms with E-state index in [2.05, 4.69) is 25.1 Å². The Kier molecular flexibility index (Phi) is 8.25. The van der Waals surface area contributed by atoms with Gasteiger partial charge < -0.3 is 20.9 Å². The normalized spacial score (nSPS) is 22.7. The van der Waals surface area contributed by atoms with Crippen LogP contribution in [0.15, 0.2) is 0 Å². The summed E-state index contributed by atoms with van der Waals surface area (Å²) < 4.78 is 0. The number of amides is 2. The lowest BCUT2D eigenvalue weighted by atomic mass is 9.83. The highest BCUT2D eigenvalue weighted by Crippen LogP contribution is 2.32. The molecule has 8 nitrogen and oxygen atoms in total. The second-order valence-corrected chi connectivity index (χ2v) is 8.98. The fourth-order valence-electron chi connectivity index (χ4n) is 4.40. The number of primary amides is 1. The molecule has 0 bridgehead atoms. The van der Waals surface area contributed by atoms with Crippen molar-refractivity contribution in [1.82, 2.24) is 19.8 Å². The van der Waals surface area contributed by atoms with Gasteiger partial charge in [0.15, 0.2) is 11.0 Å². The average molecular weight is 458 g/mol. The maximum Gasteiger partial charge on any atom is 0.314 e. The van der Waals surface area contributed by atoms with Gasteiger partial charge in [-0.3, -0.25) is 4.90 Å². The Balaban J connectivity index is 1.44. The summed E-state index contributed by atoms with van der Waals surface area (Å²) in [4.78, 5) is 26.5. The molecule has 3 N–H and O–H groups in total. The number of aromatic nitrogens is 2. The Morgan fingerprint density at radius 1 is 1.17 bits per heavy atom. The first-order valence-electron chi connectivity index (χ1n) is 10.9. The lowest BCUT2D eigenvalue weighted by Gasteiger charge is -2.37. The first kappa shape index (κ1) is 23.2. The summed E-state index contributed by atoms with van der Waals surface area (Å²) in [5, 5.41) is 3.82. The quantitative estimate of drug-likeness (QED) is 0.610. The van der Waals surface area contributed by atoms with Crippen molar-refractivity contribution in [1.29, 1.82) is 0 Å². The van der Waals surface area contributed by atoms with Crippen LogP contribution < -0.4 is 16.0 Å². The van der Waals surface area contributed by atoms with Crippen molar-refractivity contribution in [2.24, 2.45) is 11.7 Å². The van der Waals surface area contributed by atoms with Gasteiger partial charge in [-0.1, -0.05) is 23.2 Å². The van der Waals surface area contributed by atoms with E-state index in [9.17, 15) is 4.79 Å². The van der Waals surface area contributed by atoms with Crippen LogP contribution in [0.2, 0.25) is 10.2 Å². The lowest BCUT2D eigenvalue weighted by Crippen LogP contribution is -2.47. The van der Waals surface area contributed by atoms with Gasteiger partial charge >= 0.3 is 6.03 Å². The molecule has 0 unspecified atom stereocenters. The zero-order chi connectivity index (χ0) is 21.7. The minimum Gasteiger partial charge on any atom is -0.354 e. The second kappa shape index (κ2) is 10.7. The molecule has 2 aliphatic rings. The Morgan fingerprint density at radius 3 is 2.43 bits per heavy atom. The Morgan fingerprint density at radius 2 is 1.83 bits per heavy atom. The number of hydrogen-bond acceptors (Lipinski definition) is 6. The third-order valence-corrected chi connectivity index (χ3v) is 7.08. The predicted octanol–water partition coefficient (Wildman–Crippen LogP) is 3.30. The molecule has 0 aromatic carbocycles. The van der Waals surface area contributed by atoms with Gasteiger partial charge in [-0.2, -0.15) is 9.97 Å². The van der Waals surface area contributed by atoms with Gasteiger partial charge in [0.05, 0.1) is 0 Å². The van der Waals surface area contributed by atoms with E-state index in [1.165, 1.54) is 19.3 Å². The Hall–Kier alpha value is -1.51. The molecule has 3 rings (SSSR count). The molecule has 1 saturated carbocycles. The molecule has 1 aromatic heterocycles. The van der Waals surface area contributed by atoms with Crippen molar-refractivity contribution in [2.45, 2.75) is 45.1 Å². The van der Waals surface area contributed by atoms with Crippen molar-refractivity contribution < 1.29 is 4.79 Å². The van der Waals surface area contributed by atoms with Crippen LogP contribution >= 0.6 is 23.2 Å². The topological polar surface area (TPSA) is 90.6 Å². The summed E-state index contributed by atoms with van der Waals surface area (Å²) in [5.74, 6) is 1.96. The molecule has 0 spiro atoms. The Bertz CT molecular complexity index is 719. The monoisotopic (exact) mass is 457 g/mol. The van der Waals surface area contributed by atoms with Gasteiger partial charge in [-0.15, -0.1) is 0 Å². The molecule has 1 aromatic rings. The van der Waals surface area contributed by atoms with Gasteiger partial charge in [0.25, 0.3) is 0 Å².